The Labute approximate surface area is 185 Å². The molecule has 174 valence electrons. The minimum absolute atomic E-state index is 0. The van der Waals surface area contributed by atoms with E-state index in [1.165, 1.54) is 64.2 Å². The Kier molecular flexibility index (Phi) is 9.25. The molecule has 0 aromatic carbocycles. The normalized spacial score (nSPS) is 27.5. The summed E-state index contributed by atoms with van der Waals surface area (Å²) in [4.78, 5) is 0. The average Bonchev–Trinajstić information content (AvgIpc) is 2.52. The molecule has 2 saturated heterocycles. The van der Waals surface area contributed by atoms with E-state index in [4.69, 9.17) is 11.7 Å². The Hall–Kier alpha value is 0.270. The molecule has 2 aliphatic rings. The summed E-state index contributed by atoms with van der Waals surface area (Å²) in [7, 11) is 0. The molecule has 0 saturated carbocycles. The molecule has 29 heavy (non-hydrogen) atoms. The Balaban J connectivity index is 0.00000420. The molecule has 0 bridgehead atoms. The number of hydrazine groups is 2. The van der Waals surface area contributed by atoms with E-state index in [9.17, 15) is 0 Å². The van der Waals surface area contributed by atoms with E-state index in [2.05, 4.69) is 65.4 Å². The van der Waals surface area contributed by atoms with Crippen molar-refractivity contribution >= 4 is 9.90 Å². The van der Waals surface area contributed by atoms with Crippen LogP contribution in [-0.4, -0.2) is 32.2 Å². The molecule has 0 aromatic heterocycles. The van der Waals surface area contributed by atoms with Crippen LogP contribution in [0.15, 0.2) is 0 Å². The summed E-state index contributed by atoms with van der Waals surface area (Å²) < 4.78 is 0. The van der Waals surface area contributed by atoms with Gasteiger partial charge in [0.05, 0.1) is 0 Å². The van der Waals surface area contributed by atoms with Crippen molar-refractivity contribution < 1.29 is 0 Å². The number of rotatable bonds is 7. The third-order valence-corrected chi connectivity index (χ3v) is 7.74. The lowest BCUT2D eigenvalue weighted by atomic mass is 9.73. The molecule has 2 heterocycles. The van der Waals surface area contributed by atoms with Crippen LogP contribution in [0.2, 0.25) is 0 Å². The predicted octanol–water partition coefficient (Wildman–Crippen LogP) is 5.67. The van der Waals surface area contributed by atoms with E-state index in [0.29, 0.717) is 0 Å². The van der Waals surface area contributed by atoms with E-state index in [1.54, 1.807) is 0 Å². The third kappa shape index (κ3) is 6.88. The van der Waals surface area contributed by atoms with Crippen LogP contribution >= 0.6 is 9.90 Å². The van der Waals surface area contributed by atoms with Crippen LogP contribution in [0, 0.1) is 11.8 Å². The molecule has 0 spiro atoms. The minimum Gasteiger partial charge on any atom is -0.268 e. The van der Waals surface area contributed by atoms with E-state index in [0.717, 1.165) is 11.8 Å². The summed E-state index contributed by atoms with van der Waals surface area (Å²) >= 11 is 0. The fourth-order valence-electron chi connectivity index (χ4n) is 6.63. The van der Waals surface area contributed by atoms with Crippen molar-refractivity contribution in [2.45, 2.75) is 142 Å². The van der Waals surface area contributed by atoms with Gasteiger partial charge in [-0.25, -0.2) is 10.0 Å². The smallest absolute Gasteiger partial charge is 0.0304 e. The largest absolute Gasteiger partial charge is 0.268 e. The number of nitrogens with zero attached hydrogens (tertiary/aromatic N) is 2. The lowest BCUT2D eigenvalue weighted by molar-refractivity contribution is -0.0555. The fraction of sp³-hybridized carbons (Fsp3) is 1.00. The topological polar surface area (TPSA) is 58.5 Å². The summed E-state index contributed by atoms with van der Waals surface area (Å²) in [5.41, 5.74) is 0.460. The lowest BCUT2D eigenvalue weighted by Crippen LogP contribution is -2.63. The van der Waals surface area contributed by atoms with Gasteiger partial charge in [0.25, 0.3) is 0 Å². The molecule has 5 heteroatoms. The quantitative estimate of drug-likeness (QED) is 0.311. The highest BCUT2D eigenvalue weighted by atomic mass is 31.0. The van der Waals surface area contributed by atoms with E-state index < -0.39 is 0 Å². The first-order valence-electron chi connectivity index (χ1n) is 11.8. The van der Waals surface area contributed by atoms with Crippen LogP contribution in [0.5, 0.6) is 0 Å². The molecule has 2 rings (SSSR count). The number of hydrogen-bond donors (Lipinski definition) is 2. The van der Waals surface area contributed by atoms with Gasteiger partial charge >= 0.3 is 0 Å². The molecule has 0 aromatic rings. The Morgan fingerprint density at radius 3 is 1.03 bits per heavy atom. The molecule has 0 radical (unpaired) electrons. The van der Waals surface area contributed by atoms with Gasteiger partial charge in [0, 0.05) is 22.2 Å². The maximum atomic E-state index is 6.39. The molecule has 1 atom stereocenters. The highest BCUT2D eigenvalue weighted by Gasteiger charge is 2.44. The highest BCUT2D eigenvalue weighted by Crippen LogP contribution is 2.42. The van der Waals surface area contributed by atoms with Gasteiger partial charge in [0.1, 0.15) is 0 Å². The minimum atomic E-state index is 0. The van der Waals surface area contributed by atoms with Crippen molar-refractivity contribution in [1.82, 2.24) is 10.0 Å². The predicted molar refractivity (Wildman–Crippen MR) is 133 cm³/mol. The van der Waals surface area contributed by atoms with Crippen LogP contribution < -0.4 is 11.7 Å². The third-order valence-electron chi connectivity index (χ3n) is 7.74. The second-order valence-electron chi connectivity index (χ2n) is 12.5. The first-order valence-corrected chi connectivity index (χ1v) is 11.8. The van der Waals surface area contributed by atoms with Gasteiger partial charge in [-0.1, -0.05) is 38.5 Å². The van der Waals surface area contributed by atoms with Crippen molar-refractivity contribution in [3.05, 3.63) is 0 Å². The first-order chi connectivity index (χ1) is 12.7. The van der Waals surface area contributed by atoms with Gasteiger partial charge in [-0.15, -0.1) is 0 Å². The van der Waals surface area contributed by atoms with E-state index in [1.807, 2.05) is 0 Å². The van der Waals surface area contributed by atoms with Crippen molar-refractivity contribution in [2.24, 2.45) is 23.5 Å². The molecule has 4 nitrogen and oxygen atoms in total. The van der Waals surface area contributed by atoms with Crippen molar-refractivity contribution in [3.8, 4) is 0 Å². The number of nitrogens with two attached hydrogens (primary N) is 2. The van der Waals surface area contributed by atoms with Gasteiger partial charge in [-0.3, -0.25) is 11.7 Å². The molecular weight excluding hydrogens is 375 g/mol. The maximum absolute atomic E-state index is 6.39. The number of piperidine rings is 2. The van der Waals surface area contributed by atoms with Crippen LogP contribution in [0.25, 0.3) is 0 Å². The fourth-order valence-corrected chi connectivity index (χ4v) is 6.63. The van der Waals surface area contributed by atoms with Gasteiger partial charge in [0.2, 0.25) is 0 Å². The van der Waals surface area contributed by atoms with Gasteiger partial charge in [-0.2, -0.15) is 9.90 Å². The summed E-state index contributed by atoms with van der Waals surface area (Å²) in [5.74, 6) is 14.4. The summed E-state index contributed by atoms with van der Waals surface area (Å²) in [6.45, 7) is 18.4. The van der Waals surface area contributed by atoms with Gasteiger partial charge in [-0.05, 0) is 92.9 Å². The monoisotopic (exact) mass is 428 g/mol. The zero-order valence-corrected chi connectivity index (χ0v) is 22.4. The zero-order chi connectivity index (χ0) is 21.4. The van der Waals surface area contributed by atoms with E-state index >= 15 is 0 Å². The molecular formula is C24H53N4P. The van der Waals surface area contributed by atoms with E-state index in [-0.39, 0.29) is 32.1 Å². The van der Waals surface area contributed by atoms with Crippen molar-refractivity contribution in [3.63, 3.8) is 0 Å². The number of unbranched alkanes of at least 4 members (excludes halogenated alkanes) is 3. The van der Waals surface area contributed by atoms with Crippen LogP contribution in [-0.2, 0) is 0 Å². The lowest BCUT2D eigenvalue weighted by Gasteiger charge is -2.53. The molecule has 2 aliphatic heterocycles. The second kappa shape index (κ2) is 9.82. The molecule has 4 N–H and O–H groups in total. The average molecular weight is 429 g/mol. The Morgan fingerprint density at radius 1 is 0.552 bits per heavy atom. The second-order valence-corrected chi connectivity index (χ2v) is 12.5. The molecule has 2 fully saturated rings. The molecule has 0 aliphatic carbocycles. The van der Waals surface area contributed by atoms with Crippen LogP contribution in [0.3, 0.4) is 0 Å². The molecule has 1 unspecified atom stereocenters. The Bertz CT molecular complexity index is 433. The summed E-state index contributed by atoms with van der Waals surface area (Å²) in [6, 6.07) is 0. The zero-order valence-electron chi connectivity index (χ0n) is 21.0. The van der Waals surface area contributed by atoms with Crippen LogP contribution in [0.1, 0.15) is 120 Å². The first kappa shape index (κ1) is 27.3. The maximum Gasteiger partial charge on any atom is 0.0304 e. The summed E-state index contributed by atoms with van der Waals surface area (Å²) in [5, 5.41) is 4.21. The van der Waals surface area contributed by atoms with Gasteiger partial charge in [0.15, 0.2) is 0 Å². The van der Waals surface area contributed by atoms with Gasteiger partial charge < -0.3 is 0 Å². The van der Waals surface area contributed by atoms with Crippen molar-refractivity contribution in [1.29, 1.82) is 0 Å². The standard InChI is InChI=1S/C24H50N4.H3P/c1-21(2)15-19(16-22(3,4)27(21)25)13-11-9-10-12-14-20-17-23(5,6)28(26)24(7,8)18-20;/h19-20H,9-18,25-26H2,1-8H3;1H3. The number of hydrogen-bond acceptors (Lipinski definition) is 4. The SMILES string of the molecule is CC1(C)CC(CCCCCCC2CC(C)(C)N(N)C(C)(C)C2)CC(C)(C)N1N.P. The van der Waals surface area contributed by atoms with Crippen molar-refractivity contribution in [2.75, 3.05) is 0 Å². The Morgan fingerprint density at radius 2 is 0.793 bits per heavy atom. The van der Waals surface area contributed by atoms with Crippen LogP contribution in [0.4, 0.5) is 0 Å². The molecule has 0 amide bonds. The highest BCUT2D eigenvalue weighted by molar-refractivity contribution is 6.92. The summed E-state index contributed by atoms with van der Waals surface area (Å²) in [6.07, 6.45) is 13.2.